The number of hydrogen-bond donors (Lipinski definition) is 0. The third kappa shape index (κ3) is 6.38. The van der Waals surface area contributed by atoms with Gasteiger partial charge in [0.15, 0.2) is 0 Å². The summed E-state index contributed by atoms with van der Waals surface area (Å²) in [4.78, 5) is 15.9. The van der Waals surface area contributed by atoms with Gasteiger partial charge in [0, 0.05) is 30.4 Å². The Labute approximate surface area is 262 Å². The predicted molar refractivity (Wildman–Crippen MR) is 176 cm³/mol. The highest BCUT2D eigenvalue weighted by atomic mass is 32.2. The van der Waals surface area contributed by atoms with Gasteiger partial charge in [-0.15, -0.1) is 0 Å². The van der Waals surface area contributed by atoms with Gasteiger partial charge in [0.2, 0.25) is 10.0 Å². The van der Waals surface area contributed by atoms with Crippen molar-refractivity contribution in [1.29, 1.82) is 0 Å². The van der Waals surface area contributed by atoms with Gasteiger partial charge in [-0.1, -0.05) is 97.0 Å². The first kappa shape index (κ1) is 29.5. The number of sulfonamides is 1. The van der Waals surface area contributed by atoms with Crippen molar-refractivity contribution in [2.45, 2.75) is 44.0 Å². The lowest BCUT2D eigenvalue weighted by molar-refractivity contribution is -0.122. The quantitative estimate of drug-likeness (QED) is 0.165. The summed E-state index contributed by atoms with van der Waals surface area (Å²) in [6.07, 6.45) is 7.51. The lowest BCUT2D eigenvalue weighted by Crippen LogP contribution is -2.31. The van der Waals surface area contributed by atoms with E-state index < -0.39 is 10.0 Å². The second-order valence-corrected chi connectivity index (χ2v) is 14.4. The molecule has 4 aromatic rings. The van der Waals surface area contributed by atoms with E-state index in [0.29, 0.717) is 45.7 Å². The average molecular weight is 629 g/mol. The number of para-hydroxylation sites is 1. The molecule has 0 aliphatic carbocycles. The van der Waals surface area contributed by atoms with Crippen LogP contribution in [-0.2, 0) is 21.4 Å². The van der Waals surface area contributed by atoms with Crippen LogP contribution in [-0.4, -0.2) is 50.7 Å². The molecule has 0 atom stereocenters. The van der Waals surface area contributed by atoms with Crippen LogP contribution in [0.15, 0.2) is 94.9 Å². The molecule has 2 aliphatic rings. The van der Waals surface area contributed by atoms with E-state index in [1.165, 1.54) is 11.8 Å². The van der Waals surface area contributed by atoms with Gasteiger partial charge in [-0.3, -0.25) is 9.69 Å². The summed E-state index contributed by atoms with van der Waals surface area (Å²) in [6.45, 7) is 3.49. The number of thioether (sulfide) groups is 1. The van der Waals surface area contributed by atoms with Crippen LogP contribution >= 0.6 is 24.0 Å². The molecule has 2 aliphatic heterocycles. The number of nitrogens with zero attached hydrogens (tertiary/aromatic N) is 4. The minimum atomic E-state index is -3.65. The van der Waals surface area contributed by atoms with E-state index in [2.05, 4.69) is 0 Å². The molecule has 3 aromatic carbocycles. The molecular weight excluding hydrogens is 597 g/mol. The summed E-state index contributed by atoms with van der Waals surface area (Å²) < 4.78 is 31.1. The van der Waals surface area contributed by atoms with Crippen molar-refractivity contribution in [3.05, 3.63) is 107 Å². The molecule has 0 spiro atoms. The maximum Gasteiger partial charge on any atom is 0.266 e. The van der Waals surface area contributed by atoms with Crippen LogP contribution in [0.3, 0.4) is 0 Å². The van der Waals surface area contributed by atoms with Gasteiger partial charge in [-0.25, -0.2) is 13.1 Å². The SMILES string of the molecule is Cc1ccc(CN2C(=O)C(=Cc3cn(-c4ccccc4)nc3-c3cccc(S(=O)(=O)N4CCCCCC4)c3)SC2=S)cc1. The van der Waals surface area contributed by atoms with Gasteiger partial charge in [0.1, 0.15) is 10.0 Å². The molecule has 0 unspecified atom stereocenters. The lowest BCUT2D eigenvalue weighted by Gasteiger charge is -2.20. The van der Waals surface area contributed by atoms with Crippen LogP contribution in [0.1, 0.15) is 42.4 Å². The molecule has 0 bridgehead atoms. The highest BCUT2D eigenvalue weighted by molar-refractivity contribution is 8.26. The molecule has 7 nitrogen and oxygen atoms in total. The molecule has 10 heteroatoms. The second-order valence-electron chi connectivity index (χ2n) is 10.8. The maximum absolute atomic E-state index is 13.6. The molecule has 43 heavy (non-hydrogen) atoms. The van der Waals surface area contributed by atoms with Crippen molar-refractivity contribution < 1.29 is 13.2 Å². The Balaban J connectivity index is 1.37. The van der Waals surface area contributed by atoms with E-state index in [4.69, 9.17) is 17.3 Å². The van der Waals surface area contributed by atoms with E-state index in [9.17, 15) is 13.2 Å². The first-order chi connectivity index (χ1) is 20.8. The number of carbonyl (C=O) groups excluding carboxylic acids is 1. The Morgan fingerprint density at radius 2 is 1.65 bits per heavy atom. The van der Waals surface area contributed by atoms with Crippen LogP contribution < -0.4 is 0 Å². The Morgan fingerprint density at radius 1 is 0.930 bits per heavy atom. The average Bonchev–Trinajstić information content (AvgIpc) is 3.40. The minimum absolute atomic E-state index is 0.161. The van der Waals surface area contributed by atoms with E-state index in [-0.39, 0.29) is 10.8 Å². The zero-order chi connectivity index (χ0) is 30.0. The number of thiocarbonyl (C=S) groups is 1. The van der Waals surface area contributed by atoms with Crippen molar-refractivity contribution in [2.24, 2.45) is 0 Å². The summed E-state index contributed by atoms with van der Waals surface area (Å²) in [5.74, 6) is -0.161. The van der Waals surface area contributed by atoms with Crippen LogP contribution in [0.4, 0.5) is 0 Å². The molecule has 2 fully saturated rings. The topological polar surface area (TPSA) is 75.5 Å². The molecule has 2 saturated heterocycles. The van der Waals surface area contributed by atoms with E-state index in [0.717, 1.165) is 42.5 Å². The first-order valence-electron chi connectivity index (χ1n) is 14.4. The fraction of sp³-hybridized carbons (Fsp3) is 0.242. The lowest BCUT2D eigenvalue weighted by atomic mass is 10.1. The molecule has 3 heterocycles. The number of aromatic nitrogens is 2. The molecule has 1 aromatic heterocycles. The Kier molecular flexibility index (Phi) is 8.63. The van der Waals surface area contributed by atoms with Gasteiger partial charge < -0.3 is 0 Å². The first-order valence-corrected chi connectivity index (χ1v) is 17.0. The third-order valence-corrected chi connectivity index (χ3v) is 11.0. The summed E-state index contributed by atoms with van der Waals surface area (Å²) in [5.41, 5.74) is 4.95. The zero-order valence-electron chi connectivity index (χ0n) is 23.8. The summed E-state index contributed by atoms with van der Waals surface area (Å²) in [7, 11) is -3.65. The number of amides is 1. The van der Waals surface area contributed by atoms with E-state index >= 15 is 0 Å². The number of benzene rings is 3. The number of rotatable bonds is 7. The van der Waals surface area contributed by atoms with Crippen molar-refractivity contribution >= 4 is 50.3 Å². The van der Waals surface area contributed by atoms with Crippen LogP contribution in [0.25, 0.3) is 23.0 Å². The number of aryl methyl sites for hydroxylation is 1. The van der Waals surface area contributed by atoms with Crippen LogP contribution in [0, 0.1) is 6.92 Å². The van der Waals surface area contributed by atoms with Gasteiger partial charge in [-0.2, -0.15) is 9.40 Å². The fourth-order valence-corrected chi connectivity index (χ4v) is 8.13. The van der Waals surface area contributed by atoms with Crippen LogP contribution in [0.5, 0.6) is 0 Å². The van der Waals surface area contributed by atoms with Crippen molar-refractivity contribution in [3.63, 3.8) is 0 Å². The van der Waals surface area contributed by atoms with Crippen molar-refractivity contribution in [1.82, 2.24) is 19.0 Å². The molecule has 0 N–H and O–H groups in total. The zero-order valence-corrected chi connectivity index (χ0v) is 26.3. The summed E-state index contributed by atoms with van der Waals surface area (Å²) >= 11 is 6.87. The van der Waals surface area contributed by atoms with Gasteiger partial charge in [-0.05, 0) is 55.7 Å². The van der Waals surface area contributed by atoms with Gasteiger partial charge >= 0.3 is 0 Å². The Bertz CT molecular complexity index is 1790. The van der Waals surface area contributed by atoms with E-state index in [1.54, 1.807) is 32.1 Å². The Hall–Kier alpha value is -3.57. The molecule has 0 saturated carbocycles. The standard InChI is InChI=1S/C33H32N4O3S3/c1-24-14-16-25(17-15-24)22-36-32(38)30(42-33(36)41)21-27-23-37(28-11-5-4-6-12-28)34-31(27)26-10-9-13-29(20-26)43(39,40)35-18-7-2-3-8-19-35/h4-6,9-17,20-21,23H,2-3,7-8,18-19,22H2,1H3. The normalized spacial score (nSPS) is 17.5. The molecule has 6 rings (SSSR count). The van der Waals surface area contributed by atoms with E-state index in [1.807, 2.05) is 79.9 Å². The highest BCUT2D eigenvalue weighted by Crippen LogP contribution is 2.36. The maximum atomic E-state index is 13.6. The largest absolute Gasteiger partial charge is 0.288 e. The highest BCUT2D eigenvalue weighted by Gasteiger charge is 2.33. The number of carbonyl (C=O) groups is 1. The molecule has 1 amide bonds. The third-order valence-electron chi connectivity index (χ3n) is 7.70. The fourth-order valence-electron chi connectivity index (χ4n) is 5.32. The smallest absolute Gasteiger partial charge is 0.266 e. The van der Waals surface area contributed by atoms with Crippen molar-refractivity contribution in [3.8, 4) is 16.9 Å². The minimum Gasteiger partial charge on any atom is -0.288 e. The van der Waals surface area contributed by atoms with Gasteiger partial charge in [0.05, 0.1) is 22.0 Å². The van der Waals surface area contributed by atoms with Gasteiger partial charge in [0.25, 0.3) is 5.91 Å². The summed E-state index contributed by atoms with van der Waals surface area (Å²) in [5, 5.41) is 4.88. The summed E-state index contributed by atoms with van der Waals surface area (Å²) in [6, 6.07) is 24.7. The Morgan fingerprint density at radius 3 is 2.37 bits per heavy atom. The van der Waals surface area contributed by atoms with Crippen molar-refractivity contribution in [2.75, 3.05) is 13.1 Å². The molecule has 0 radical (unpaired) electrons. The second kappa shape index (κ2) is 12.6. The number of hydrogen-bond acceptors (Lipinski definition) is 6. The van der Waals surface area contributed by atoms with Crippen LogP contribution in [0.2, 0.25) is 0 Å². The molecule has 220 valence electrons. The monoisotopic (exact) mass is 628 g/mol. The molecular formula is C33H32N4O3S3. The predicted octanol–water partition coefficient (Wildman–Crippen LogP) is 6.81.